The van der Waals surface area contributed by atoms with Crippen molar-refractivity contribution in [1.82, 2.24) is 15.2 Å². The van der Waals surface area contributed by atoms with Gasteiger partial charge in [0.25, 0.3) is 0 Å². The van der Waals surface area contributed by atoms with Crippen LogP contribution < -0.4 is 5.32 Å². The topological polar surface area (TPSA) is 48.1 Å². The van der Waals surface area contributed by atoms with Crippen molar-refractivity contribution >= 4 is 16.8 Å². The van der Waals surface area contributed by atoms with Crippen LogP contribution in [0.4, 0.5) is 13.2 Å². The van der Waals surface area contributed by atoms with E-state index in [4.69, 9.17) is 0 Å². The number of carbonyl (C=O) groups excluding carboxylic acids is 1. The Morgan fingerprint density at radius 1 is 1.10 bits per heavy atom. The molecular weight excluding hydrogens is 403 g/mol. The maximum absolute atomic E-state index is 13.8. The minimum absolute atomic E-state index is 0.0656. The molecule has 0 fully saturated rings. The number of alkyl halides is 3. The smallest absolute Gasteiger partial charge is 0.361 e. The Hall–Kier alpha value is -2.80. The molecule has 0 aliphatic carbocycles. The van der Waals surface area contributed by atoms with E-state index in [1.165, 1.54) is 12.1 Å². The van der Waals surface area contributed by atoms with Gasteiger partial charge in [0.05, 0.1) is 5.56 Å². The highest BCUT2D eigenvalue weighted by molar-refractivity contribution is 5.88. The molecule has 1 heterocycles. The van der Waals surface area contributed by atoms with Gasteiger partial charge in [-0.25, -0.2) is 0 Å². The van der Waals surface area contributed by atoms with Crippen LogP contribution in [0.25, 0.3) is 10.9 Å². The van der Waals surface area contributed by atoms with Gasteiger partial charge in [-0.15, -0.1) is 0 Å². The molecule has 0 bridgehead atoms. The second-order valence-electron chi connectivity index (χ2n) is 7.93. The highest BCUT2D eigenvalue weighted by Crippen LogP contribution is 2.41. The lowest BCUT2D eigenvalue weighted by Gasteiger charge is -2.22. The monoisotopic (exact) mass is 431 g/mol. The van der Waals surface area contributed by atoms with Crippen molar-refractivity contribution in [3.8, 4) is 0 Å². The molecule has 0 saturated carbocycles. The zero-order valence-corrected chi connectivity index (χ0v) is 18.0. The van der Waals surface area contributed by atoms with Crippen LogP contribution in [-0.4, -0.2) is 43.0 Å². The lowest BCUT2D eigenvalue weighted by atomic mass is 9.84. The number of para-hydroxylation sites is 1. The summed E-state index contributed by atoms with van der Waals surface area (Å²) < 4.78 is 41.4. The van der Waals surface area contributed by atoms with E-state index >= 15 is 0 Å². The fraction of sp³-hybridized carbons (Fsp3) is 0.375. The number of fused-ring (bicyclic) bond motifs is 1. The fourth-order valence-electron chi connectivity index (χ4n) is 3.94. The molecule has 3 rings (SSSR count). The third kappa shape index (κ3) is 5.28. The van der Waals surface area contributed by atoms with Crippen LogP contribution >= 0.6 is 0 Å². The lowest BCUT2D eigenvalue weighted by molar-refractivity contribution is -0.138. The number of aromatic amines is 1. The number of hydrogen-bond acceptors (Lipinski definition) is 2. The van der Waals surface area contributed by atoms with Gasteiger partial charge in [-0.2, -0.15) is 13.2 Å². The summed E-state index contributed by atoms with van der Waals surface area (Å²) in [5.74, 6) is -0.997. The van der Waals surface area contributed by atoms with Crippen molar-refractivity contribution in [2.45, 2.75) is 31.9 Å². The average Bonchev–Trinajstić information content (AvgIpc) is 3.15. The second kappa shape index (κ2) is 9.56. The lowest BCUT2D eigenvalue weighted by Crippen LogP contribution is -2.32. The summed E-state index contributed by atoms with van der Waals surface area (Å²) in [6.07, 6.45) is -2.03. The molecular formula is C24H28F3N3O. The molecule has 1 atom stereocenters. The summed E-state index contributed by atoms with van der Waals surface area (Å²) in [7, 11) is 3.79. The molecule has 7 heteroatoms. The zero-order valence-electron chi connectivity index (χ0n) is 18.0. The van der Waals surface area contributed by atoms with E-state index in [1.807, 2.05) is 44.1 Å². The van der Waals surface area contributed by atoms with Gasteiger partial charge in [0.15, 0.2) is 0 Å². The first-order valence-electron chi connectivity index (χ1n) is 10.4. The van der Waals surface area contributed by atoms with Crippen molar-refractivity contribution < 1.29 is 18.0 Å². The molecule has 3 aromatic rings. The maximum atomic E-state index is 13.8. The predicted molar refractivity (Wildman–Crippen MR) is 117 cm³/mol. The largest absolute Gasteiger partial charge is 0.416 e. The van der Waals surface area contributed by atoms with E-state index in [2.05, 4.69) is 10.3 Å². The van der Waals surface area contributed by atoms with Crippen LogP contribution in [0.2, 0.25) is 0 Å². The maximum Gasteiger partial charge on any atom is 0.416 e. The van der Waals surface area contributed by atoms with Crippen LogP contribution in [0.15, 0.2) is 48.7 Å². The Morgan fingerprint density at radius 3 is 2.52 bits per heavy atom. The number of nitrogens with one attached hydrogen (secondary N) is 2. The van der Waals surface area contributed by atoms with E-state index in [0.717, 1.165) is 29.0 Å². The minimum atomic E-state index is -4.50. The Kier molecular flexibility index (Phi) is 7.05. The number of hydrogen-bond donors (Lipinski definition) is 2. The van der Waals surface area contributed by atoms with Crippen molar-refractivity contribution in [1.29, 1.82) is 0 Å². The van der Waals surface area contributed by atoms with Gasteiger partial charge in [0, 0.05) is 42.5 Å². The predicted octanol–water partition coefficient (Wildman–Crippen LogP) is 4.95. The van der Waals surface area contributed by atoms with Gasteiger partial charge < -0.3 is 15.2 Å². The molecule has 1 aromatic heterocycles. The summed E-state index contributed by atoms with van der Waals surface area (Å²) in [5.41, 5.74) is 2.09. The quantitative estimate of drug-likeness (QED) is 0.530. The molecule has 0 aliphatic rings. The molecule has 0 aliphatic heterocycles. The number of aryl methyl sites for hydroxylation is 1. The van der Waals surface area contributed by atoms with Gasteiger partial charge >= 0.3 is 6.18 Å². The van der Waals surface area contributed by atoms with E-state index in [9.17, 15) is 18.0 Å². The van der Waals surface area contributed by atoms with Crippen LogP contribution in [0, 0.1) is 0 Å². The molecule has 166 valence electrons. The standard InChI is InChI=1S/C24H28F3N3O/c1-4-16-8-7-10-18-20(15-29-23(16)18)19(14-22(31)28-12-13-30(2)3)17-9-5-6-11-21(17)24(25,26)27/h5-11,15,19,29H,4,12-14H2,1-3H3,(H,28,31). The van der Waals surface area contributed by atoms with Gasteiger partial charge in [-0.05, 0) is 43.3 Å². The third-order valence-electron chi connectivity index (χ3n) is 5.50. The number of carbonyl (C=O) groups is 1. The number of benzene rings is 2. The number of halogens is 3. The average molecular weight is 432 g/mol. The van der Waals surface area contributed by atoms with E-state index in [1.54, 1.807) is 12.3 Å². The van der Waals surface area contributed by atoms with E-state index in [-0.39, 0.29) is 17.9 Å². The number of aromatic nitrogens is 1. The molecule has 2 N–H and O–H groups in total. The van der Waals surface area contributed by atoms with E-state index < -0.39 is 17.7 Å². The first-order valence-corrected chi connectivity index (χ1v) is 10.4. The summed E-state index contributed by atoms with van der Waals surface area (Å²) in [5, 5.41) is 3.68. The second-order valence-corrected chi connectivity index (χ2v) is 7.93. The Morgan fingerprint density at radius 2 is 1.84 bits per heavy atom. The van der Waals surface area contributed by atoms with Crippen molar-refractivity contribution in [2.75, 3.05) is 27.2 Å². The first-order chi connectivity index (χ1) is 14.7. The number of amides is 1. The SMILES string of the molecule is CCc1cccc2c(C(CC(=O)NCCN(C)C)c3ccccc3C(F)(F)F)c[nH]c12. The normalized spacial score (nSPS) is 13.0. The van der Waals surface area contributed by atoms with Gasteiger partial charge in [0.1, 0.15) is 0 Å². The van der Waals surface area contributed by atoms with E-state index in [0.29, 0.717) is 18.7 Å². The van der Waals surface area contributed by atoms with Gasteiger partial charge in [-0.1, -0.05) is 43.3 Å². The zero-order chi connectivity index (χ0) is 22.6. The van der Waals surface area contributed by atoms with Gasteiger partial charge in [-0.3, -0.25) is 4.79 Å². The number of rotatable bonds is 8. The Balaban J connectivity index is 2.06. The van der Waals surface area contributed by atoms with Crippen LogP contribution in [0.1, 0.15) is 41.5 Å². The highest BCUT2D eigenvalue weighted by Gasteiger charge is 2.36. The summed E-state index contributed by atoms with van der Waals surface area (Å²) >= 11 is 0. The fourth-order valence-corrected chi connectivity index (χ4v) is 3.94. The number of H-pyrrole nitrogens is 1. The first kappa shape index (κ1) is 22.9. The highest BCUT2D eigenvalue weighted by atomic mass is 19.4. The van der Waals surface area contributed by atoms with Crippen LogP contribution in [-0.2, 0) is 17.4 Å². The van der Waals surface area contributed by atoms with Crippen LogP contribution in [0.3, 0.4) is 0 Å². The molecule has 1 amide bonds. The summed E-state index contributed by atoms with van der Waals surface area (Å²) in [6.45, 7) is 3.12. The molecule has 0 spiro atoms. The van der Waals surface area contributed by atoms with Crippen molar-refractivity contribution in [3.63, 3.8) is 0 Å². The minimum Gasteiger partial charge on any atom is -0.361 e. The molecule has 4 nitrogen and oxygen atoms in total. The van der Waals surface area contributed by atoms with Crippen molar-refractivity contribution in [2.24, 2.45) is 0 Å². The van der Waals surface area contributed by atoms with Gasteiger partial charge in [0.2, 0.25) is 5.91 Å². The molecule has 0 radical (unpaired) electrons. The Labute approximate surface area is 180 Å². The summed E-state index contributed by atoms with van der Waals surface area (Å²) in [4.78, 5) is 17.9. The molecule has 1 unspecified atom stereocenters. The molecule has 0 saturated heterocycles. The number of likely N-dealkylation sites (N-methyl/N-ethyl adjacent to an activating group) is 1. The Bertz CT molecular complexity index is 1040. The van der Waals surface area contributed by atoms with Crippen molar-refractivity contribution in [3.05, 3.63) is 70.9 Å². The third-order valence-corrected chi connectivity index (χ3v) is 5.50. The van der Waals surface area contributed by atoms with Crippen LogP contribution in [0.5, 0.6) is 0 Å². The number of nitrogens with zero attached hydrogens (tertiary/aromatic N) is 1. The molecule has 2 aromatic carbocycles. The molecule has 31 heavy (non-hydrogen) atoms. The summed E-state index contributed by atoms with van der Waals surface area (Å²) in [6, 6.07) is 11.3.